The molecule has 0 radical (unpaired) electrons. The van der Waals surface area contributed by atoms with Gasteiger partial charge in [0, 0.05) is 38.8 Å². The van der Waals surface area contributed by atoms with Crippen LogP contribution in [0.5, 0.6) is 17.2 Å². The first-order valence-electron chi connectivity index (χ1n) is 10.6. The highest BCUT2D eigenvalue weighted by molar-refractivity contribution is 5.83. The van der Waals surface area contributed by atoms with E-state index < -0.39 is 6.10 Å². The number of β-amino-alcohol motifs (C(OH)–C–C–N with tert-alkyl or cyclic N) is 1. The number of hydrogen-bond donors (Lipinski definition) is 2. The quantitative estimate of drug-likeness (QED) is 0.550. The lowest BCUT2D eigenvalue weighted by atomic mass is 10.0. The molecule has 8 nitrogen and oxygen atoms in total. The summed E-state index contributed by atoms with van der Waals surface area (Å²) in [5, 5.41) is 14.0. The number of rotatable bonds is 8. The summed E-state index contributed by atoms with van der Waals surface area (Å²) < 4.78 is 22.1. The van der Waals surface area contributed by atoms with Crippen molar-refractivity contribution in [3.63, 3.8) is 0 Å². The van der Waals surface area contributed by atoms with Gasteiger partial charge < -0.3 is 29.1 Å². The normalized spacial score (nSPS) is 15.5. The Kier molecular flexibility index (Phi) is 6.94. The maximum Gasteiger partial charge on any atom is 0.200 e. The molecule has 2 aromatic carbocycles. The molecule has 1 aromatic heterocycles. The Bertz CT molecular complexity index is 1120. The van der Waals surface area contributed by atoms with E-state index in [2.05, 4.69) is 10.2 Å². The van der Waals surface area contributed by atoms with Crippen molar-refractivity contribution in [1.29, 1.82) is 0 Å². The zero-order valence-electron chi connectivity index (χ0n) is 18.3. The summed E-state index contributed by atoms with van der Waals surface area (Å²) in [5.74, 6) is 1.66. The number of nitrogens with zero attached hydrogens (tertiary/aromatic N) is 1. The molecule has 4 rings (SSSR count). The van der Waals surface area contributed by atoms with Crippen molar-refractivity contribution in [2.45, 2.75) is 6.10 Å². The van der Waals surface area contributed by atoms with Gasteiger partial charge in [-0.15, -0.1) is 0 Å². The van der Waals surface area contributed by atoms with Crippen LogP contribution in [0.25, 0.3) is 22.1 Å². The van der Waals surface area contributed by atoms with Crippen LogP contribution in [0.2, 0.25) is 0 Å². The van der Waals surface area contributed by atoms with Gasteiger partial charge in [0.15, 0.2) is 16.9 Å². The Morgan fingerprint density at radius 1 is 1.09 bits per heavy atom. The zero-order valence-corrected chi connectivity index (χ0v) is 18.3. The lowest BCUT2D eigenvalue weighted by Crippen LogP contribution is -2.47. The number of ether oxygens (including phenoxy) is 3. The summed E-state index contributed by atoms with van der Waals surface area (Å²) in [6, 6.07) is 10.4. The average molecular weight is 440 g/mol. The molecule has 0 saturated carbocycles. The molecule has 2 heterocycles. The van der Waals surface area contributed by atoms with Crippen LogP contribution >= 0.6 is 0 Å². The molecule has 1 fully saturated rings. The maximum atomic E-state index is 13.1. The van der Waals surface area contributed by atoms with Crippen LogP contribution in [-0.4, -0.2) is 69.7 Å². The third kappa shape index (κ3) is 4.88. The molecule has 0 bridgehead atoms. The fourth-order valence-corrected chi connectivity index (χ4v) is 3.84. The fraction of sp³-hybridized carbons (Fsp3) is 0.375. The van der Waals surface area contributed by atoms with Crippen LogP contribution in [0.15, 0.2) is 51.9 Å². The van der Waals surface area contributed by atoms with Gasteiger partial charge >= 0.3 is 0 Å². The molecule has 1 aliphatic rings. The second kappa shape index (κ2) is 10.0. The highest BCUT2D eigenvalue weighted by Crippen LogP contribution is 2.32. The number of hydrogen-bond acceptors (Lipinski definition) is 8. The Labute approximate surface area is 186 Å². The second-order valence-electron chi connectivity index (χ2n) is 7.72. The minimum absolute atomic E-state index is 0.149. The van der Waals surface area contributed by atoms with Crippen LogP contribution in [0.4, 0.5) is 0 Å². The Hall–Kier alpha value is -3.07. The molecule has 0 amide bonds. The average Bonchev–Trinajstić information content (AvgIpc) is 2.83. The first-order chi connectivity index (χ1) is 15.6. The van der Waals surface area contributed by atoms with Gasteiger partial charge in [0.05, 0.1) is 25.2 Å². The number of nitrogens with one attached hydrogen (secondary N) is 1. The number of benzene rings is 2. The van der Waals surface area contributed by atoms with Crippen molar-refractivity contribution in [2.24, 2.45) is 0 Å². The fourth-order valence-electron chi connectivity index (χ4n) is 3.84. The molecule has 1 atom stereocenters. The molecular weight excluding hydrogens is 412 g/mol. The minimum atomic E-state index is -0.594. The standard InChI is InChI=1S/C24H28N2O6/c1-29-21-6-3-16(11-23(21)30-2)20-15-32-22-12-18(4-5-19(22)24(20)28)31-14-17(27)13-26-9-7-25-8-10-26/h3-6,11-12,15,17,25,27H,7-10,13-14H2,1-2H3. The molecule has 1 unspecified atom stereocenters. The zero-order chi connectivity index (χ0) is 22.5. The number of aliphatic hydroxyl groups is 1. The van der Waals surface area contributed by atoms with E-state index in [0.29, 0.717) is 45.9 Å². The van der Waals surface area contributed by atoms with Gasteiger partial charge in [-0.05, 0) is 29.8 Å². The summed E-state index contributed by atoms with van der Waals surface area (Å²) in [7, 11) is 3.11. The third-order valence-corrected chi connectivity index (χ3v) is 5.56. The van der Waals surface area contributed by atoms with Gasteiger partial charge in [-0.1, -0.05) is 6.07 Å². The van der Waals surface area contributed by atoms with Crippen LogP contribution in [0, 0.1) is 0 Å². The largest absolute Gasteiger partial charge is 0.493 e. The van der Waals surface area contributed by atoms with Gasteiger partial charge in [0.2, 0.25) is 0 Å². The summed E-state index contributed by atoms with van der Waals surface area (Å²) in [6.07, 6.45) is 0.845. The molecule has 0 aliphatic carbocycles. The van der Waals surface area contributed by atoms with Gasteiger partial charge in [0.25, 0.3) is 0 Å². The van der Waals surface area contributed by atoms with Crippen LogP contribution in [0.1, 0.15) is 0 Å². The van der Waals surface area contributed by atoms with E-state index in [1.807, 2.05) is 0 Å². The molecule has 8 heteroatoms. The van der Waals surface area contributed by atoms with E-state index in [0.717, 1.165) is 26.2 Å². The Morgan fingerprint density at radius 3 is 2.62 bits per heavy atom. The molecule has 32 heavy (non-hydrogen) atoms. The SMILES string of the molecule is COc1ccc(-c2coc3cc(OCC(O)CN4CCNCC4)ccc3c2=O)cc1OC. The highest BCUT2D eigenvalue weighted by Gasteiger charge is 2.16. The molecule has 170 valence electrons. The summed E-state index contributed by atoms with van der Waals surface area (Å²) in [5.41, 5.74) is 1.38. The monoisotopic (exact) mass is 440 g/mol. The van der Waals surface area contributed by atoms with E-state index in [1.54, 1.807) is 50.6 Å². The minimum Gasteiger partial charge on any atom is -0.493 e. The Morgan fingerprint density at radius 2 is 1.88 bits per heavy atom. The number of piperazine rings is 1. The van der Waals surface area contributed by atoms with Crippen molar-refractivity contribution in [3.05, 3.63) is 52.9 Å². The van der Waals surface area contributed by atoms with Crippen molar-refractivity contribution in [2.75, 3.05) is 53.6 Å². The number of aliphatic hydroxyl groups excluding tert-OH is 1. The van der Waals surface area contributed by atoms with Gasteiger partial charge in [-0.2, -0.15) is 0 Å². The first-order valence-corrected chi connectivity index (χ1v) is 10.6. The summed E-state index contributed by atoms with van der Waals surface area (Å²) in [4.78, 5) is 15.3. The lowest BCUT2D eigenvalue weighted by molar-refractivity contribution is 0.0641. The number of fused-ring (bicyclic) bond motifs is 1. The predicted octanol–water partition coefficient (Wildman–Crippen LogP) is 2.12. The van der Waals surface area contributed by atoms with Crippen molar-refractivity contribution in [3.8, 4) is 28.4 Å². The van der Waals surface area contributed by atoms with Gasteiger partial charge in [0.1, 0.15) is 30.3 Å². The molecule has 3 aromatic rings. The van der Waals surface area contributed by atoms with Gasteiger partial charge in [-0.25, -0.2) is 0 Å². The van der Waals surface area contributed by atoms with Crippen molar-refractivity contribution < 1.29 is 23.7 Å². The molecular formula is C24H28N2O6. The van der Waals surface area contributed by atoms with Crippen molar-refractivity contribution in [1.82, 2.24) is 10.2 Å². The second-order valence-corrected chi connectivity index (χ2v) is 7.72. The van der Waals surface area contributed by atoms with Crippen LogP contribution < -0.4 is 25.0 Å². The topological polar surface area (TPSA) is 93.4 Å². The lowest BCUT2D eigenvalue weighted by Gasteiger charge is -2.29. The van der Waals surface area contributed by atoms with E-state index in [4.69, 9.17) is 18.6 Å². The first kappa shape index (κ1) is 22.1. The Balaban J connectivity index is 1.49. The van der Waals surface area contributed by atoms with E-state index in [9.17, 15) is 9.90 Å². The van der Waals surface area contributed by atoms with Crippen LogP contribution in [0.3, 0.4) is 0 Å². The highest BCUT2D eigenvalue weighted by atomic mass is 16.5. The van der Waals surface area contributed by atoms with E-state index in [1.165, 1.54) is 6.26 Å². The summed E-state index contributed by atoms with van der Waals surface area (Å²) >= 11 is 0. The molecule has 0 spiro atoms. The number of methoxy groups -OCH3 is 2. The van der Waals surface area contributed by atoms with Gasteiger partial charge in [-0.3, -0.25) is 9.69 Å². The van der Waals surface area contributed by atoms with E-state index in [-0.39, 0.29) is 12.0 Å². The van der Waals surface area contributed by atoms with Crippen LogP contribution in [-0.2, 0) is 0 Å². The molecule has 2 N–H and O–H groups in total. The molecule has 1 saturated heterocycles. The van der Waals surface area contributed by atoms with Crippen molar-refractivity contribution >= 4 is 11.0 Å². The van der Waals surface area contributed by atoms with E-state index >= 15 is 0 Å². The third-order valence-electron chi connectivity index (χ3n) is 5.56. The summed E-state index contributed by atoms with van der Waals surface area (Å²) in [6.45, 7) is 4.44. The molecule has 1 aliphatic heterocycles. The smallest absolute Gasteiger partial charge is 0.200 e. The maximum absolute atomic E-state index is 13.1. The predicted molar refractivity (Wildman–Crippen MR) is 122 cm³/mol.